The summed E-state index contributed by atoms with van der Waals surface area (Å²) in [5, 5.41) is 8.52. The number of esters is 1. The molecule has 0 amide bonds. The van der Waals surface area contributed by atoms with Gasteiger partial charge in [0.2, 0.25) is 0 Å². The molecule has 48 heavy (non-hydrogen) atoms. The quantitative estimate of drug-likeness (QED) is 0.107. The number of carboxylic acid groups (broad SMARTS) is 1. The molecule has 0 fully saturated rings. The first-order chi connectivity index (χ1) is 23.2. The molecule has 0 radical (unpaired) electrons. The zero-order valence-electron chi connectivity index (χ0n) is 25.6. The van der Waals surface area contributed by atoms with Crippen molar-refractivity contribution in [1.29, 1.82) is 0 Å². The van der Waals surface area contributed by atoms with Crippen LogP contribution in [-0.2, 0) is 34.1 Å². The summed E-state index contributed by atoms with van der Waals surface area (Å²) < 4.78 is 55.4. The van der Waals surface area contributed by atoms with Crippen LogP contribution >= 0.6 is 0 Å². The average Bonchev–Trinajstić information content (AvgIpc) is 3.08. The third-order valence-corrected chi connectivity index (χ3v) is 6.45. The van der Waals surface area contributed by atoms with E-state index in [4.69, 9.17) is 19.3 Å². The van der Waals surface area contributed by atoms with E-state index in [1.54, 1.807) is 91.0 Å². The minimum atomic E-state index is -0.989. The second-order valence-corrected chi connectivity index (χ2v) is 10.2. The van der Waals surface area contributed by atoms with Crippen molar-refractivity contribution in [2.75, 3.05) is 0 Å². The number of benzene rings is 5. The van der Waals surface area contributed by atoms with Crippen molar-refractivity contribution in [2.24, 2.45) is 0 Å². The average molecular weight is 653 g/mol. The van der Waals surface area contributed by atoms with Gasteiger partial charge in [-0.1, -0.05) is 60.7 Å². The Morgan fingerprint density at radius 1 is 0.542 bits per heavy atom. The molecule has 5 aromatic rings. The summed E-state index contributed by atoms with van der Waals surface area (Å²) in [5.74, 6) is -1.20. The topological polar surface area (TPSA) is 82.1 Å². The normalized spacial score (nSPS) is 10.7. The maximum Gasteiger partial charge on any atom is 0.331 e. The fourth-order valence-electron chi connectivity index (χ4n) is 4.10. The Hall–Kier alpha value is -6.09. The SMILES string of the molecule is O=C(C=Cc1ccc(OCc2cccc(F)c2)cc1)OCc1cccc(F)c1.O=C(O)C=Cc1ccc(OCc2cccc(F)c2)cc1. The molecule has 6 nitrogen and oxygen atoms in total. The molecule has 0 atom stereocenters. The van der Waals surface area contributed by atoms with Crippen LogP contribution in [0.3, 0.4) is 0 Å². The Kier molecular flexibility index (Phi) is 13.2. The first-order valence-electron chi connectivity index (χ1n) is 14.7. The van der Waals surface area contributed by atoms with Crippen molar-refractivity contribution in [2.45, 2.75) is 19.8 Å². The molecular formula is C39H31F3O6. The van der Waals surface area contributed by atoms with Gasteiger partial charge in [-0.25, -0.2) is 22.8 Å². The van der Waals surface area contributed by atoms with Gasteiger partial charge in [-0.05, 0) is 101 Å². The van der Waals surface area contributed by atoms with Gasteiger partial charge in [-0.3, -0.25) is 0 Å². The molecule has 244 valence electrons. The van der Waals surface area contributed by atoms with Crippen LogP contribution in [0, 0.1) is 17.5 Å². The van der Waals surface area contributed by atoms with E-state index < -0.39 is 11.9 Å². The molecule has 0 spiro atoms. The van der Waals surface area contributed by atoms with Crippen LogP contribution in [0.2, 0.25) is 0 Å². The maximum atomic E-state index is 13.1. The molecule has 0 aliphatic carbocycles. The molecule has 0 bridgehead atoms. The molecule has 0 unspecified atom stereocenters. The number of aliphatic carboxylic acids is 1. The molecule has 5 aromatic carbocycles. The van der Waals surface area contributed by atoms with Gasteiger partial charge in [0, 0.05) is 12.2 Å². The molecule has 0 aromatic heterocycles. The minimum Gasteiger partial charge on any atom is -0.489 e. The second-order valence-electron chi connectivity index (χ2n) is 10.2. The van der Waals surface area contributed by atoms with Crippen LogP contribution in [0.5, 0.6) is 11.5 Å². The summed E-state index contributed by atoms with van der Waals surface area (Å²) >= 11 is 0. The van der Waals surface area contributed by atoms with Crippen LogP contribution in [0.1, 0.15) is 27.8 Å². The van der Waals surface area contributed by atoms with Crippen LogP contribution in [0.4, 0.5) is 13.2 Å². The van der Waals surface area contributed by atoms with E-state index in [2.05, 4.69) is 0 Å². The molecule has 0 aliphatic rings. The van der Waals surface area contributed by atoms with Crippen molar-refractivity contribution < 1.29 is 42.1 Å². The Morgan fingerprint density at radius 2 is 0.938 bits per heavy atom. The van der Waals surface area contributed by atoms with Gasteiger partial charge in [-0.15, -0.1) is 0 Å². The number of carbonyl (C=O) groups excluding carboxylic acids is 1. The summed E-state index contributed by atoms with van der Waals surface area (Å²) in [6.45, 7) is 0.551. The van der Waals surface area contributed by atoms with Crippen LogP contribution in [0.25, 0.3) is 12.2 Å². The summed E-state index contributed by atoms with van der Waals surface area (Å²) in [4.78, 5) is 22.2. The van der Waals surface area contributed by atoms with Crippen molar-refractivity contribution >= 4 is 24.1 Å². The van der Waals surface area contributed by atoms with E-state index >= 15 is 0 Å². The Bertz CT molecular complexity index is 1850. The first kappa shape index (κ1) is 34.8. The fourth-order valence-corrected chi connectivity index (χ4v) is 4.10. The Morgan fingerprint density at radius 3 is 1.33 bits per heavy atom. The van der Waals surface area contributed by atoms with Gasteiger partial charge in [0.05, 0.1) is 0 Å². The van der Waals surface area contributed by atoms with Crippen molar-refractivity contribution in [3.05, 3.63) is 179 Å². The minimum absolute atomic E-state index is 0.00773. The summed E-state index contributed by atoms with van der Waals surface area (Å²) in [6, 6.07) is 32.4. The van der Waals surface area contributed by atoms with Gasteiger partial charge in [0.25, 0.3) is 0 Å². The Labute approximate surface area is 276 Å². The Balaban J connectivity index is 0.000000229. The molecule has 0 heterocycles. The number of hydrogen-bond donors (Lipinski definition) is 1. The fraction of sp³-hybridized carbons (Fsp3) is 0.0769. The smallest absolute Gasteiger partial charge is 0.331 e. The molecule has 1 N–H and O–H groups in total. The molecule has 9 heteroatoms. The summed E-state index contributed by atoms with van der Waals surface area (Å²) in [7, 11) is 0. The highest BCUT2D eigenvalue weighted by Gasteiger charge is 2.02. The van der Waals surface area contributed by atoms with Crippen LogP contribution in [-0.4, -0.2) is 17.0 Å². The van der Waals surface area contributed by atoms with Crippen molar-refractivity contribution in [1.82, 2.24) is 0 Å². The highest BCUT2D eigenvalue weighted by molar-refractivity contribution is 5.87. The number of halogens is 3. The predicted octanol–water partition coefficient (Wildman–Crippen LogP) is 8.80. The van der Waals surface area contributed by atoms with Crippen LogP contribution in [0.15, 0.2) is 133 Å². The third-order valence-electron chi connectivity index (χ3n) is 6.45. The lowest BCUT2D eigenvalue weighted by Crippen LogP contribution is -2.00. The third kappa shape index (κ3) is 12.7. The van der Waals surface area contributed by atoms with Crippen molar-refractivity contribution in [3.8, 4) is 11.5 Å². The van der Waals surface area contributed by atoms with Gasteiger partial charge in [0.15, 0.2) is 0 Å². The standard InChI is InChI=1S/C23H18F2O3.C16H13FO3/c24-20-5-1-3-18(13-20)15-27-22-10-7-17(8-11-22)9-12-23(26)28-16-19-4-2-6-21(25)14-19;17-14-3-1-2-13(10-14)11-20-15-7-4-12(5-8-15)6-9-16(18)19/h1-14H,15-16H2;1-10H,11H2,(H,18,19). The molecule has 0 saturated carbocycles. The lowest BCUT2D eigenvalue weighted by molar-refractivity contribution is -0.139. The van der Waals surface area contributed by atoms with Gasteiger partial charge >= 0.3 is 11.9 Å². The van der Waals surface area contributed by atoms with Gasteiger partial charge < -0.3 is 19.3 Å². The lowest BCUT2D eigenvalue weighted by atomic mass is 10.2. The summed E-state index contributed by atoms with van der Waals surface area (Å²) in [5.41, 5.74) is 3.64. The van der Waals surface area contributed by atoms with E-state index in [1.807, 2.05) is 0 Å². The van der Waals surface area contributed by atoms with Crippen molar-refractivity contribution in [3.63, 3.8) is 0 Å². The van der Waals surface area contributed by atoms with E-state index in [0.29, 0.717) is 17.1 Å². The molecule has 5 rings (SSSR count). The number of rotatable bonds is 12. The first-order valence-corrected chi connectivity index (χ1v) is 14.7. The highest BCUT2D eigenvalue weighted by Crippen LogP contribution is 2.17. The van der Waals surface area contributed by atoms with E-state index in [9.17, 15) is 22.8 Å². The zero-order chi connectivity index (χ0) is 34.1. The monoisotopic (exact) mass is 652 g/mol. The lowest BCUT2D eigenvalue weighted by Gasteiger charge is -2.06. The molecule has 0 saturated heterocycles. The summed E-state index contributed by atoms with van der Waals surface area (Å²) in [6.07, 6.45) is 5.49. The predicted molar refractivity (Wildman–Crippen MR) is 176 cm³/mol. The van der Waals surface area contributed by atoms with E-state index in [1.165, 1.54) is 48.6 Å². The van der Waals surface area contributed by atoms with Gasteiger partial charge in [0.1, 0.15) is 48.8 Å². The number of ether oxygens (including phenoxy) is 3. The highest BCUT2D eigenvalue weighted by atomic mass is 19.1. The van der Waals surface area contributed by atoms with Gasteiger partial charge in [-0.2, -0.15) is 0 Å². The number of hydrogen-bond acceptors (Lipinski definition) is 5. The largest absolute Gasteiger partial charge is 0.489 e. The number of carboxylic acids is 1. The second kappa shape index (κ2) is 18.2. The molecule has 0 aliphatic heterocycles. The maximum absolute atomic E-state index is 13.1. The van der Waals surface area contributed by atoms with Crippen LogP contribution < -0.4 is 9.47 Å². The zero-order valence-corrected chi connectivity index (χ0v) is 25.6. The van der Waals surface area contributed by atoms with E-state index in [0.717, 1.165) is 28.3 Å². The number of carbonyl (C=O) groups is 2. The molecular weight excluding hydrogens is 621 g/mol. The van der Waals surface area contributed by atoms with E-state index in [-0.39, 0.29) is 37.3 Å².